The Bertz CT molecular complexity index is 869. The summed E-state index contributed by atoms with van der Waals surface area (Å²) in [5.41, 5.74) is 4.12. The molecule has 0 aliphatic heterocycles. The van der Waals surface area contributed by atoms with Crippen molar-refractivity contribution in [3.8, 4) is 11.1 Å². The first-order valence-electron chi connectivity index (χ1n) is 7.72. The maximum Gasteiger partial charge on any atom is 0.290 e. The number of nitrogens with zero attached hydrogens (tertiary/aromatic N) is 1. The van der Waals surface area contributed by atoms with Crippen molar-refractivity contribution < 1.29 is 21.8 Å². The number of rotatable bonds is 4. The molecule has 3 aromatic rings. The van der Waals surface area contributed by atoms with Gasteiger partial charge in [0.25, 0.3) is 5.91 Å². The van der Waals surface area contributed by atoms with Crippen LogP contribution in [-0.2, 0) is 11.3 Å². The number of hydrogen-bond donors (Lipinski definition) is 1. The monoisotopic (exact) mass is 416 g/mol. The van der Waals surface area contributed by atoms with E-state index in [1.54, 1.807) is 0 Å². The summed E-state index contributed by atoms with van der Waals surface area (Å²) in [6.07, 6.45) is 3.89. The number of hydrogen-bond acceptors (Lipinski definition) is 1. The van der Waals surface area contributed by atoms with E-state index in [0.717, 1.165) is 26.9 Å². The summed E-state index contributed by atoms with van der Waals surface area (Å²) in [5, 5.41) is 2.94. The Morgan fingerprint density at radius 1 is 1.04 bits per heavy atom. The summed E-state index contributed by atoms with van der Waals surface area (Å²) in [6.45, 7) is 2.27. The lowest BCUT2D eigenvalue weighted by Crippen LogP contribution is -3.00. The van der Waals surface area contributed by atoms with E-state index in [-0.39, 0.29) is 24.9 Å². The second-order valence-corrected chi connectivity index (χ2v) is 6.50. The van der Waals surface area contributed by atoms with Crippen molar-refractivity contribution in [2.24, 2.45) is 0 Å². The number of benzene rings is 2. The smallest absolute Gasteiger partial charge is 0.290 e. The van der Waals surface area contributed by atoms with Gasteiger partial charge in [-0.25, -0.2) is 0 Å². The largest absolute Gasteiger partial charge is 1.00 e. The predicted octanol–water partition coefficient (Wildman–Crippen LogP) is 1.35. The molecule has 1 N–H and O–H groups in total. The van der Waals surface area contributed by atoms with Gasteiger partial charge in [0.1, 0.15) is 0 Å². The molecule has 3 nitrogen and oxygen atoms in total. The van der Waals surface area contributed by atoms with Crippen molar-refractivity contribution >= 4 is 27.5 Å². The third-order valence-corrected chi connectivity index (χ3v) is 4.62. The van der Waals surface area contributed by atoms with Gasteiger partial charge in [0.15, 0.2) is 12.4 Å². The lowest BCUT2D eigenvalue weighted by atomic mass is 10.1. The summed E-state index contributed by atoms with van der Waals surface area (Å²) < 4.78 is 2.93. The van der Waals surface area contributed by atoms with Crippen LogP contribution >= 0.6 is 15.9 Å². The Hall–Kier alpha value is -2.17. The van der Waals surface area contributed by atoms with Gasteiger partial charge < -0.3 is 17.7 Å². The fourth-order valence-corrected chi connectivity index (χ4v) is 2.76. The van der Waals surface area contributed by atoms with Gasteiger partial charge in [-0.3, -0.25) is 4.79 Å². The highest BCUT2D eigenvalue weighted by atomic mass is 79.9. The molecule has 0 atom stereocenters. The molecule has 0 unspecified atom stereocenters. The first-order valence-corrected chi connectivity index (χ1v) is 8.52. The second kappa shape index (κ2) is 8.79. The van der Waals surface area contributed by atoms with E-state index >= 15 is 0 Å². The van der Waals surface area contributed by atoms with Gasteiger partial charge in [-0.15, -0.1) is 0 Å². The normalized spacial score (nSPS) is 10.0. The number of pyridine rings is 1. The highest BCUT2D eigenvalue weighted by Gasteiger charge is 2.11. The van der Waals surface area contributed by atoms with E-state index in [4.69, 9.17) is 0 Å². The van der Waals surface area contributed by atoms with Crippen LogP contribution < -0.4 is 22.3 Å². The molecule has 0 radical (unpaired) electrons. The maximum absolute atomic E-state index is 12.3. The molecule has 0 bridgehead atoms. The highest BCUT2D eigenvalue weighted by molar-refractivity contribution is 9.10. The second-order valence-electron chi connectivity index (χ2n) is 5.64. The minimum atomic E-state index is -0.0491. The average molecular weight is 418 g/mol. The minimum absolute atomic E-state index is 0. The number of aryl methyl sites for hydroxylation is 1. The standard InChI is InChI=1S/C20H17BrN2O.ClH/c1-15-12-18(9-10-19(15)21)22-20(24)14-23-11-5-8-17(13-23)16-6-3-2-4-7-16;/h2-13H,14H2,1H3;1H. The predicted molar refractivity (Wildman–Crippen MR) is 99.6 cm³/mol. The number of carbonyl (C=O) groups excluding carboxylic acids is 1. The molecule has 0 spiro atoms. The van der Waals surface area contributed by atoms with Gasteiger partial charge >= 0.3 is 0 Å². The number of aromatic nitrogens is 1. The number of carbonyl (C=O) groups is 1. The number of halogens is 2. The Morgan fingerprint density at radius 2 is 1.76 bits per heavy atom. The fourth-order valence-electron chi connectivity index (χ4n) is 2.51. The summed E-state index contributed by atoms with van der Waals surface area (Å²) >= 11 is 3.46. The van der Waals surface area contributed by atoms with Crippen molar-refractivity contribution in [3.05, 3.63) is 83.1 Å². The van der Waals surface area contributed by atoms with E-state index in [1.165, 1.54) is 0 Å². The number of amides is 1. The molecular weight excluding hydrogens is 400 g/mol. The van der Waals surface area contributed by atoms with Crippen LogP contribution in [0.3, 0.4) is 0 Å². The zero-order valence-corrected chi connectivity index (χ0v) is 16.1. The quantitative estimate of drug-likeness (QED) is 0.639. The number of nitrogens with one attached hydrogen (secondary N) is 1. The van der Waals surface area contributed by atoms with Gasteiger partial charge in [0, 0.05) is 21.8 Å². The topological polar surface area (TPSA) is 33.0 Å². The van der Waals surface area contributed by atoms with Gasteiger partial charge in [0.05, 0.1) is 0 Å². The summed E-state index contributed by atoms with van der Waals surface area (Å²) in [4.78, 5) is 12.3. The molecule has 0 saturated heterocycles. The molecule has 2 aromatic carbocycles. The van der Waals surface area contributed by atoms with Gasteiger partial charge in [-0.1, -0.05) is 46.3 Å². The average Bonchev–Trinajstić information content (AvgIpc) is 2.59. The van der Waals surface area contributed by atoms with Gasteiger partial charge in [-0.2, -0.15) is 4.57 Å². The summed E-state index contributed by atoms with van der Waals surface area (Å²) in [7, 11) is 0. The first-order chi connectivity index (χ1) is 11.6. The third-order valence-electron chi connectivity index (χ3n) is 3.73. The molecule has 25 heavy (non-hydrogen) atoms. The molecule has 5 heteroatoms. The van der Waals surface area contributed by atoms with Crippen molar-refractivity contribution in [1.82, 2.24) is 0 Å². The van der Waals surface area contributed by atoms with E-state index in [0.29, 0.717) is 0 Å². The molecule has 3 rings (SSSR count). The van der Waals surface area contributed by atoms with Crippen LogP contribution in [0.25, 0.3) is 11.1 Å². The Kier molecular flexibility index (Phi) is 6.73. The van der Waals surface area contributed by atoms with Crippen molar-refractivity contribution in [1.29, 1.82) is 0 Å². The van der Waals surface area contributed by atoms with Crippen LogP contribution in [0.5, 0.6) is 0 Å². The van der Waals surface area contributed by atoms with Crippen LogP contribution in [0.1, 0.15) is 5.56 Å². The minimum Gasteiger partial charge on any atom is -1.00 e. The van der Waals surface area contributed by atoms with E-state index in [1.807, 2.05) is 72.4 Å². The third kappa shape index (κ3) is 5.15. The lowest BCUT2D eigenvalue weighted by molar-refractivity contribution is -0.683. The zero-order valence-electron chi connectivity index (χ0n) is 13.7. The van der Waals surface area contributed by atoms with Crippen molar-refractivity contribution in [2.45, 2.75) is 13.5 Å². The molecule has 1 heterocycles. The Balaban J connectivity index is 0.00000225. The molecular formula is C20H18BrClN2O. The molecule has 1 aromatic heterocycles. The number of anilines is 1. The first kappa shape index (κ1) is 19.2. The van der Waals surface area contributed by atoms with E-state index < -0.39 is 0 Å². The van der Waals surface area contributed by atoms with Crippen molar-refractivity contribution in [2.75, 3.05) is 5.32 Å². The zero-order chi connectivity index (χ0) is 16.9. The maximum atomic E-state index is 12.3. The molecule has 0 saturated carbocycles. The van der Waals surface area contributed by atoms with E-state index in [9.17, 15) is 4.79 Å². The van der Waals surface area contributed by atoms with Crippen LogP contribution in [-0.4, -0.2) is 5.91 Å². The summed E-state index contributed by atoms with van der Waals surface area (Å²) in [5.74, 6) is -0.0491. The molecule has 1 amide bonds. The molecule has 0 fully saturated rings. The van der Waals surface area contributed by atoms with Crippen LogP contribution in [0.4, 0.5) is 5.69 Å². The van der Waals surface area contributed by atoms with Gasteiger partial charge in [0.2, 0.25) is 6.54 Å². The Morgan fingerprint density at radius 3 is 2.48 bits per heavy atom. The lowest BCUT2D eigenvalue weighted by Gasteiger charge is -2.06. The highest BCUT2D eigenvalue weighted by Crippen LogP contribution is 2.20. The van der Waals surface area contributed by atoms with Crippen LogP contribution in [0.15, 0.2) is 77.5 Å². The van der Waals surface area contributed by atoms with Crippen LogP contribution in [0, 0.1) is 6.92 Å². The SMILES string of the molecule is Cc1cc(NC(=O)C[n+]2cccc(-c3ccccc3)c2)ccc1Br.[Cl-]. The van der Waals surface area contributed by atoms with Crippen molar-refractivity contribution in [3.63, 3.8) is 0 Å². The van der Waals surface area contributed by atoms with Crippen LogP contribution in [0.2, 0.25) is 0 Å². The summed E-state index contributed by atoms with van der Waals surface area (Å²) in [6, 6.07) is 19.9. The Labute approximate surface area is 162 Å². The fraction of sp³-hybridized carbons (Fsp3) is 0.100. The molecule has 128 valence electrons. The molecule has 0 aliphatic rings. The van der Waals surface area contributed by atoms with E-state index in [2.05, 4.69) is 33.4 Å². The van der Waals surface area contributed by atoms with Gasteiger partial charge in [-0.05, 0) is 42.3 Å². The molecule has 0 aliphatic carbocycles.